The van der Waals surface area contributed by atoms with Crippen molar-refractivity contribution in [3.63, 3.8) is 0 Å². The third-order valence-corrected chi connectivity index (χ3v) is 12.8. The van der Waals surface area contributed by atoms with Crippen molar-refractivity contribution >= 4 is 43.8 Å². The van der Waals surface area contributed by atoms with Crippen LogP contribution in [-0.4, -0.2) is 90.6 Å². The fourth-order valence-electron chi connectivity index (χ4n) is 6.48. The highest BCUT2D eigenvalue weighted by atomic mass is 31.2. The minimum Gasteiger partial charge on any atom is -0.492 e. The second-order valence-corrected chi connectivity index (χ2v) is 15.6. The molecule has 1 aromatic carbocycles. The molecule has 16 nitrogen and oxygen atoms in total. The lowest BCUT2D eigenvalue weighted by Crippen LogP contribution is -2.51. The number of carbonyl (C=O) groups is 2. The largest absolute Gasteiger partial charge is 0.492 e. The summed E-state index contributed by atoms with van der Waals surface area (Å²) in [6.45, 7) is 0.0398. The van der Waals surface area contributed by atoms with Gasteiger partial charge in [0.05, 0.1) is 24.1 Å². The van der Waals surface area contributed by atoms with Gasteiger partial charge in [-0.15, -0.1) is 0 Å². The Balaban J connectivity index is 1.53. The van der Waals surface area contributed by atoms with Gasteiger partial charge in [-0.2, -0.15) is 0 Å². The predicted molar refractivity (Wildman–Crippen MR) is 157 cm³/mol. The van der Waals surface area contributed by atoms with Crippen LogP contribution in [0.1, 0.15) is 54.9 Å². The second-order valence-electron chi connectivity index (χ2n) is 11.6. The summed E-state index contributed by atoms with van der Waals surface area (Å²) < 4.78 is 53.1. The lowest BCUT2D eigenvalue weighted by Gasteiger charge is -2.40. The highest BCUT2D eigenvalue weighted by Crippen LogP contribution is 2.71. The Kier molecular flexibility index (Phi) is 8.86. The fraction of sp³-hybridized carbons (Fsp3) is 0.577. The van der Waals surface area contributed by atoms with E-state index >= 15 is 4.39 Å². The molecule has 2 aromatic rings. The molecule has 0 spiro atoms. The van der Waals surface area contributed by atoms with Crippen LogP contribution in [0.15, 0.2) is 17.1 Å². The van der Waals surface area contributed by atoms with E-state index in [0.717, 1.165) is 11.0 Å². The molecule has 19 heteroatoms. The third-order valence-electron chi connectivity index (χ3n) is 8.77. The van der Waals surface area contributed by atoms with E-state index in [1.165, 1.54) is 13.3 Å². The molecule has 1 aliphatic carbocycles. The molecule has 248 valence electrons. The van der Waals surface area contributed by atoms with E-state index in [-0.39, 0.29) is 66.9 Å². The van der Waals surface area contributed by atoms with Crippen LogP contribution in [0.4, 0.5) is 14.9 Å². The van der Waals surface area contributed by atoms with Crippen molar-refractivity contribution in [3.8, 4) is 5.75 Å². The first-order valence-electron chi connectivity index (χ1n) is 14.3. The van der Waals surface area contributed by atoms with Gasteiger partial charge in [0.1, 0.15) is 11.3 Å². The molecule has 3 heterocycles. The number of aromatic carboxylic acids is 1. The number of anilines is 1. The number of carbonyl (C=O) groups excluding carboxylic acids is 1. The molecule has 0 radical (unpaired) electrons. The molecule has 0 unspecified atom stereocenters. The summed E-state index contributed by atoms with van der Waals surface area (Å²) in [5, 5.41) is 5.99. The second kappa shape index (κ2) is 12.0. The molecular formula is C26H35FN4O12P2. The zero-order chi connectivity index (χ0) is 33.1. The number of halogens is 1. The van der Waals surface area contributed by atoms with Crippen LogP contribution < -0.4 is 20.8 Å². The van der Waals surface area contributed by atoms with E-state index in [1.807, 2.05) is 0 Å². The predicted octanol–water partition coefficient (Wildman–Crippen LogP) is 1.97. The van der Waals surface area contributed by atoms with Gasteiger partial charge in [0, 0.05) is 38.3 Å². The number of rotatable bonds is 10. The number of amides is 1. The summed E-state index contributed by atoms with van der Waals surface area (Å²) in [7, 11) is -10.2. The number of piperidine rings is 1. The summed E-state index contributed by atoms with van der Waals surface area (Å²) >= 11 is 0. The number of pyridine rings is 1. The standard InChI is InChI=1S/C26H35FN4O12P2/c1-42-23-20-16(22(32)17(24(33)34)12-31(20)15-5-6-15)10-18(27)21(23)29-11-14-4-2-9-30(19(14)13-29)25(35)43-26(7-3-8-28,44(36,37)38)45(39,40)41/h10,12,14-15,19H,2-9,11,13,28H2,1H3,(H,33,34)(H2,36,37,38)(H2,39,40,41)/t14-,19+/m1/s1. The summed E-state index contributed by atoms with van der Waals surface area (Å²) in [6.07, 6.45) is 1.17. The summed E-state index contributed by atoms with van der Waals surface area (Å²) in [4.78, 5) is 81.0. The molecule has 45 heavy (non-hydrogen) atoms. The average molecular weight is 677 g/mol. The number of likely N-dealkylation sites (tertiary alicyclic amines) is 1. The quantitative estimate of drug-likeness (QED) is 0.197. The number of hydrogen-bond donors (Lipinski definition) is 6. The molecule has 7 N–H and O–H groups in total. The first kappa shape index (κ1) is 33.3. The van der Waals surface area contributed by atoms with Gasteiger partial charge in [-0.05, 0) is 50.6 Å². The molecule has 1 saturated carbocycles. The Morgan fingerprint density at radius 1 is 1.13 bits per heavy atom. The van der Waals surface area contributed by atoms with Gasteiger partial charge < -0.3 is 54.3 Å². The van der Waals surface area contributed by atoms with Crippen molar-refractivity contribution in [1.29, 1.82) is 0 Å². The molecule has 2 atom stereocenters. The molecule has 0 bridgehead atoms. The number of carboxylic acids is 1. The number of benzene rings is 1. The minimum atomic E-state index is -5.74. The highest BCUT2D eigenvalue weighted by molar-refractivity contribution is 7.72. The van der Waals surface area contributed by atoms with E-state index in [2.05, 4.69) is 0 Å². The molecule has 5 rings (SSSR count). The SMILES string of the molecule is COc1c(N2C[C@H]3CCCN(C(=O)OC(CCCN)(P(=O)(O)O)P(=O)(O)O)[C@H]3C2)c(F)cc2c(=O)c(C(=O)O)cn(C3CC3)c12. The Hall–Kier alpha value is -3.04. The summed E-state index contributed by atoms with van der Waals surface area (Å²) in [5.74, 6) is -2.60. The smallest absolute Gasteiger partial charge is 0.411 e. The van der Waals surface area contributed by atoms with Gasteiger partial charge in [-0.1, -0.05) is 0 Å². The first-order chi connectivity index (χ1) is 21.1. The lowest BCUT2D eigenvalue weighted by molar-refractivity contribution is 0.0250. The molecule has 3 fully saturated rings. The molecule has 1 amide bonds. The lowest BCUT2D eigenvalue weighted by atomic mass is 9.92. The van der Waals surface area contributed by atoms with Gasteiger partial charge in [0.25, 0.3) is 0 Å². The fourth-order valence-corrected chi connectivity index (χ4v) is 9.13. The van der Waals surface area contributed by atoms with Gasteiger partial charge in [-0.25, -0.2) is 14.0 Å². The number of methoxy groups -OCH3 is 1. The normalized spacial score (nSPS) is 20.8. The zero-order valence-electron chi connectivity index (χ0n) is 24.2. The van der Waals surface area contributed by atoms with Crippen molar-refractivity contribution < 1.29 is 57.3 Å². The van der Waals surface area contributed by atoms with E-state index in [1.54, 1.807) is 9.47 Å². The number of aromatic nitrogens is 1. The van der Waals surface area contributed by atoms with Gasteiger partial charge >= 0.3 is 32.3 Å². The maximum Gasteiger partial charge on any atom is 0.411 e. The van der Waals surface area contributed by atoms with Crippen LogP contribution in [0.3, 0.4) is 0 Å². The minimum absolute atomic E-state index is 0.00233. The van der Waals surface area contributed by atoms with Gasteiger partial charge in [-0.3, -0.25) is 13.9 Å². The molecular weight excluding hydrogens is 641 g/mol. The number of nitrogens with zero attached hydrogens (tertiary/aromatic N) is 3. The van der Waals surface area contributed by atoms with Crippen LogP contribution in [0, 0.1) is 11.7 Å². The number of carboxylic acid groups (broad SMARTS) is 1. The van der Waals surface area contributed by atoms with Crippen LogP contribution >= 0.6 is 15.2 Å². The highest BCUT2D eigenvalue weighted by Gasteiger charge is 2.64. The number of fused-ring (bicyclic) bond motifs is 2. The number of nitrogens with two attached hydrogens (primary N) is 1. The molecule has 2 saturated heterocycles. The number of hydrogen-bond acceptors (Lipinski definition) is 9. The van der Waals surface area contributed by atoms with Crippen molar-refractivity contribution in [1.82, 2.24) is 9.47 Å². The van der Waals surface area contributed by atoms with E-state index in [0.29, 0.717) is 25.7 Å². The van der Waals surface area contributed by atoms with E-state index in [9.17, 15) is 48.2 Å². The maximum atomic E-state index is 15.9. The topological polar surface area (TPSA) is 242 Å². The van der Waals surface area contributed by atoms with Crippen molar-refractivity contribution in [2.45, 2.75) is 55.7 Å². The van der Waals surface area contributed by atoms with Gasteiger partial charge in [0.15, 0.2) is 11.6 Å². The Bertz CT molecular complexity index is 1660. The van der Waals surface area contributed by atoms with E-state index in [4.69, 9.17) is 15.2 Å². The zero-order valence-corrected chi connectivity index (χ0v) is 26.0. The van der Waals surface area contributed by atoms with Crippen LogP contribution in [0.2, 0.25) is 0 Å². The Morgan fingerprint density at radius 2 is 1.80 bits per heavy atom. The van der Waals surface area contributed by atoms with Crippen molar-refractivity contribution in [2.24, 2.45) is 11.7 Å². The molecule has 1 aromatic heterocycles. The third kappa shape index (κ3) is 5.75. The van der Waals surface area contributed by atoms with Crippen molar-refractivity contribution in [2.75, 3.05) is 38.2 Å². The summed E-state index contributed by atoms with van der Waals surface area (Å²) in [5.41, 5.74) is 4.26. The Labute approximate surface area is 255 Å². The van der Waals surface area contributed by atoms with Crippen LogP contribution in [0.5, 0.6) is 5.75 Å². The van der Waals surface area contributed by atoms with E-state index < -0.39 is 61.6 Å². The van der Waals surface area contributed by atoms with Crippen LogP contribution in [-0.2, 0) is 13.9 Å². The summed E-state index contributed by atoms with van der Waals surface area (Å²) in [6, 6.07) is 0.153. The Morgan fingerprint density at radius 3 is 2.36 bits per heavy atom. The molecule has 3 aliphatic rings. The number of ether oxygens (including phenoxy) is 2. The first-order valence-corrected chi connectivity index (χ1v) is 17.5. The van der Waals surface area contributed by atoms with Crippen molar-refractivity contribution in [3.05, 3.63) is 33.9 Å². The average Bonchev–Trinajstić information content (AvgIpc) is 3.70. The van der Waals surface area contributed by atoms with Gasteiger partial charge in [0.2, 0.25) is 5.43 Å². The molecule has 2 aliphatic heterocycles. The maximum absolute atomic E-state index is 15.9. The van der Waals surface area contributed by atoms with Crippen LogP contribution in [0.25, 0.3) is 10.9 Å². The monoisotopic (exact) mass is 676 g/mol.